The average molecular weight is 260 g/mol. The van der Waals surface area contributed by atoms with Gasteiger partial charge in [0.05, 0.1) is 5.69 Å². The highest BCUT2D eigenvalue weighted by molar-refractivity contribution is 5.76. The number of ketones is 1. The van der Waals surface area contributed by atoms with E-state index in [1.165, 1.54) is 19.3 Å². The number of nitrogens with zero attached hydrogens (tertiary/aromatic N) is 2. The maximum Gasteiger partial charge on any atom is 0.131 e. The third-order valence-electron chi connectivity index (χ3n) is 3.83. The fraction of sp³-hybridized carbons (Fsp3) is 0.625. The van der Waals surface area contributed by atoms with Crippen molar-refractivity contribution in [3.05, 3.63) is 29.6 Å². The summed E-state index contributed by atoms with van der Waals surface area (Å²) in [5.74, 6) is 0.300. The van der Waals surface area contributed by atoms with Crippen molar-refractivity contribution in [1.29, 1.82) is 0 Å². The number of aromatic nitrogens is 1. The van der Waals surface area contributed by atoms with E-state index in [4.69, 9.17) is 0 Å². The van der Waals surface area contributed by atoms with Gasteiger partial charge in [0.25, 0.3) is 0 Å². The second-order valence-corrected chi connectivity index (χ2v) is 5.65. The molecule has 104 valence electrons. The van der Waals surface area contributed by atoms with Crippen LogP contribution in [-0.4, -0.2) is 28.3 Å². The third kappa shape index (κ3) is 4.43. The van der Waals surface area contributed by atoms with Gasteiger partial charge in [0, 0.05) is 24.7 Å². The van der Waals surface area contributed by atoms with E-state index in [2.05, 4.69) is 22.0 Å². The molecule has 1 aliphatic rings. The van der Waals surface area contributed by atoms with Crippen LogP contribution in [0, 0.1) is 6.92 Å². The monoisotopic (exact) mass is 260 g/mol. The van der Waals surface area contributed by atoms with Gasteiger partial charge in [-0.05, 0) is 45.4 Å². The zero-order chi connectivity index (χ0) is 13.7. The van der Waals surface area contributed by atoms with Gasteiger partial charge in [-0.2, -0.15) is 0 Å². The maximum absolute atomic E-state index is 11.4. The zero-order valence-corrected chi connectivity index (χ0v) is 12.1. The van der Waals surface area contributed by atoms with Crippen LogP contribution in [-0.2, 0) is 11.3 Å². The molecule has 3 heteroatoms. The molecule has 0 bridgehead atoms. The highest BCUT2D eigenvalue weighted by Gasteiger charge is 2.22. The predicted octanol–water partition coefficient (Wildman–Crippen LogP) is 3.11. The number of hydrogen-bond acceptors (Lipinski definition) is 3. The summed E-state index contributed by atoms with van der Waals surface area (Å²) in [4.78, 5) is 18.5. The number of carbonyl (C=O) groups is 1. The molecular formula is C16H24N2O. The number of hydrogen-bond donors (Lipinski definition) is 0. The number of Topliss-reactive ketones (excluding diaryl/α,β-unsaturated/α-hetero) is 1. The summed E-state index contributed by atoms with van der Waals surface area (Å²) < 4.78 is 0. The van der Waals surface area contributed by atoms with E-state index in [1.807, 2.05) is 13.0 Å². The number of pyridine rings is 1. The SMILES string of the molecule is CC(=O)CC1CCCCCN1Cc1cccc(C)n1. The van der Waals surface area contributed by atoms with Gasteiger partial charge in [-0.1, -0.05) is 18.9 Å². The van der Waals surface area contributed by atoms with Crippen LogP contribution < -0.4 is 0 Å². The first-order chi connectivity index (χ1) is 9.15. The molecule has 1 aromatic rings. The molecule has 0 spiro atoms. The van der Waals surface area contributed by atoms with Crippen molar-refractivity contribution < 1.29 is 4.79 Å². The molecule has 0 N–H and O–H groups in total. The summed E-state index contributed by atoms with van der Waals surface area (Å²) in [7, 11) is 0. The van der Waals surface area contributed by atoms with E-state index in [0.717, 1.165) is 30.9 Å². The number of aryl methyl sites for hydroxylation is 1. The van der Waals surface area contributed by atoms with E-state index in [0.29, 0.717) is 18.2 Å². The van der Waals surface area contributed by atoms with Crippen molar-refractivity contribution in [3.8, 4) is 0 Å². The molecule has 2 heterocycles. The molecular weight excluding hydrogens is 236 g/mol. The molecule has 1 aliphatic heterocycles. The van der Waals surface area contributed by atoms with Crippen LogP contribution in [0.1, 0.15) is 50.4 Å². The average Bonchev–Trinajstić information content (AvgIpc) is 2.55. The molecule has 0 radical (unpaired) electrons. The topological polar surface area (TPSA) is 33.2 Å². The summed E-state index contributed by atoms with van der Waals surface area (Å²) in [6, 6.07) is 6.58. The first-order valence-electron chi connectivity index (χ1n) is 7.31. The Bertz CT molecular complexity index is 431. The molecule has 0 amide bonds. The predicted molar refractivity (Wildman–Crippen MR) is 76.9 cm³/mol. The van der Waals surface area contributed by atoms with E-state index < -0.39 is 0 Å². The summed E-state index contributed by atoms with van der Waals surface area (Å²) in [5, 5.41) is 0. The molecule has 0 saturated carbocycles. The normalized spacial score (nSPS) is 21.1. The molecule has 0 aromatic carbocycles. The van der Waals surface area contributed by atoms with E-state index in [9.17, 15) is 4.79 Å². The Morgan fingerprint density at radius 3 is 2.95 bits per heavy atom. The standard InChI is InChI=1S/C16H24N2O/c1-13-7-6-8-15(17-13)12-18-10-5-3-4-9-16(18)11-14(2)19/h6-8,16H,3-5,9-12H2,1-2H3. The fourth-order valence-electron chi connectivity index (χ4n) is 2.90. The number of rotatable bonds is 4. The van der Waals surface area contributed by atoms with Crippen molar-refractivity contribution in [2.24, 2.45) is 0 Å². The lowest BCUT2D eigenvalue weighted by atomic mass is 10.0. The minimum atomic E-state index is 0.300. The highest BCUT2D eigenvalue weighted by Crippen LogP contribution is 2.21. The Hall–Kier alpha value is -1.22. The van der Waals surface area contributed by atoms with Gasteiger partial charge < -0.3 is 0 Å². The lowest BCUT2D eigenvalue weighted by Gasteiger charge is -2.29. The Morgan fingerprint density at radius 2 is 2.21 bits per heavy atom. The molecule has 0 aliphatic carbocycles. The fourth-order valence-corrected chi connectivity index (χ4v) is 2.90. The van der Waals surface area contributed by atoms with Gasteiger partial charge in [-0.15, -0.1) is 0 Å². The summed E-state index contributed by atoms with van der Waals surface area (Å²) in [6.45, 7) is 5.69. The molecule has 3 nitrogen and oxygen atoms in total. The van der Waals surface area contributed by atoms with Crippen LogP contribution in [0.25, 0.3) is 0 Å². The van der Waals surface area contributed by atoms with Crippen LogP contribution >= 0.6 is 0 Å². The quantitative estimate of drug-likeness (QED) is 0.834. The number of likely N-dealkylation sites (tertiary alicyclic amines) is 1. The minimum absolute atomic E-state index is 0.300. The van der Waals surface area contributed by atoms with Crippen molar-refractivity contribution in [2.45, 2.75) is 58.5 Å². The molecule has 1 unspecified atom stereocenters. The minimum Gasteiger partial charge on any atom is -0.300 e. The summed E-state index contributed by atoms with van der Waals surface area (Å²) in [5.41, 5.74) is 2.19. The van der Waals surface area contributed by atoms with E-state index >= 15 is 0 Å². The van der Waals surface area contributed by atoms with Crippen LogP contribution in [0.4, 0.5) is 0 Å². The number of carbonyl (C=O) groups excluding carboxylic acids is 1. The van der Waals surface area contributed by atoms with Gasteiger partial charge >= 0.3 is 0 Å². The largest absolute Gasteiger partial charge is 0.300 e. The van der Waals surface area contributed by atoms with Gasteiger partial charge in [-0.3, -0.25) is 14.7 Å². The van der Waals surface area contributed by atoms with E-state index in [-0.39, 0.29) is 0 Å². The Kier molecular flexibility index (Phi) is 5.08. The van der Waals surface area contributed by atoms with Crippen molar-refractivity contribution in [3.63, 3.8) is 0 Å². The second kappa shape index (κ2) is 6.80. The molecule has 2 rings (SSSR count). The smallest absolute Gasteiger partial charge is 0.131 e. The van der Waals surface area contributed by atoms with Gasteiger partial charge in [-0.25, -0.2) is 0 Å². The first kappa shape index (κ1) is 14.2. The molecule has 19 heavy (non-hydrogen) atoms. The Balaban J connectivity index is 2.07. The lowest BCUT2D eigenvalue weighted by Crippen LogP contribution is -2.36. The van der Waals surface area contributed by atoms with Crippen LogP contribution in [0.5, 0.6) is 0 Å². The molecule has 1 aromatic heterocycles. The van der Waals surface area contributed by atoms with Crippen molar-refractivity contribution >= 4 is 5.78 Å². The highest BCUT2D eigenvalue weighted by atomic mass is 16.1. The molecule has 1 atom stereocenters. The van der Waals surface area contributed by atoms with Crippen LogP contribution in [0.3, 0.4) is 0 Å². The van der Waals surface area contributed by atoms with Crippen LogP contribution in [0.2, 0.25) is 0 Å². The second-order valence-electron chi connectivity index (χ2n) is 5.65. The van der Waals surface area contributed by atoms with Crippen molar-refractivity contribution in [1.82, 2.24) is 9.88 Å². The Morgan fingerprint density at radius 1 is 1.37 bits per heavy atom. The zero-order valence-electron chi connectivity index (χ0n) is 12.1. The summed E-state index contributed by atoms with van der Waals surface area (Å²) in [6.07, 6.45) is 5.60. The third-order valence-corrected chi connectivity index (χ3v) is 3.83. The molecule has 1 saturated heterocycles. The summed E-state index contributed by atoms with van der Waals surface area (Å²) >= 11 is 0. The first-order valence-corrected chi connectivity index (χ1v) is 7.31. The maximum atomic E-state index is 11.4. The van der Waals surface area contributed by atoms with Gasteiger partial charge in [0.1, 0.15) is 5.78 Å². The molecule has 1 fully saturated rings. The van der Waals surface area contributed by atoms with Gasteiger partial charge in [0.15, 0.2) is 0 Å². The van der Waals surface area contributed by atoms with E-state index in [1.54, 1.807) is 6.92 Å². The Labute approximate surface area is 116 Å². The van der Waals surface area contributed by atoms with Crippen molar-refractivity contribution in [2.75, 3.05) is 6.54 Å². The van der Waals surface area contributed by atoms with Gasteiger partial charge in [0.2, 0.25) is 0 Å². The lowest BCUT2D eigenvalue weighted by molar-refractivity contribution is -0.118. The van der Waals surface area contributed by atoms with Crippen LogP contribution in [0.15, 0.2) is 18.2 Å².